The van der Waals surface area contributed by atoms with Crippen molar-refractivity contribution < 1.29 is 9.47 Å². The highest BCUT2D eigenvalue weighted by Gasteiger charge is 2.14. The van der Waals surface area contributed by atoms with Crippen LogP contribution in [0.25, 0.3) is 0 Å². The zero-order chi connectivity index (χ0) is 17.4. The van der Waals surface area contributed by atoms with E-state index in [1.165, 1.54) is 0 Å². The summed E-state index contributed by atoms with van der Waals surface area (Å²) in [5.41, 5.74) is 1.15. The molecule has 0 bridgehead atoms. The second-order valence-corrected chi connectivity index (χ2v) is 6.56. The number of ether oxygens (including phenoxy) is 2. The number of aliphatic imine (C=N–C) groups is 1. The molecule has 0 amide bonds. The maximum Gasteiger partial charge on any atom is 0.193 e. The number of hydrogen-bond donors (Lipinski definition) is 1. The van der Waals surface area contributed by atoms with Crippen molar-refractivity contribution >= 4 is 17.6 Å². The first-order chi connectivity index (χ1) is 11.6. The first kappa shape index (κ1) is 19.1. The van der Waals surface area contributed by atoms with Crippen LogP contribution < -0.4 is 5.32 Å². The highest BCUT2D eigenvalue weighted by Crippen LogP contribution is 2.14. The van der Waals surface area contributed by atoms with Crippen molar-refractivity contribution in [3.05, 3.63) is 23.0 Å². The number of guanidine groups is 1. The molecular weight excluding hydrogens is 328 g/mol. The Hall–Kier alpha value is -1.24. The van der Waals surface area contributed by atoms with Gasteiger partial charge in [-0.25, -0.2) is 0 Å². The smallest absolute Gasteiger partial charge is 0.193 e. The van der Waals surface area contributed by atoms with Crippen LogP contribution in [0.15, 0.2) is 17.3 Å². The van der Waals surface area contributed by atoms with E-state index in [1.54, 1.807) is 7.05 Å². The minimum absolute atomic E-state index is 0.364. The summed E-state index contributed by atoms with van der Waals surface area (Å²) < 4.78 is 13.3. The first-order valence-electron chi connectivity index (χ1n) is 8.52. The zero-order valence-electron chi connectivity index (χ0n) is 14.9. The predicted molar refractivity (Wildman–Crippen MR) is 97.7 cm³/mol. The molecule has 0 spiro atoms. The molecule has 1 aliphatic rings. The van der Waals surface area contributed by atoms with Gasteiger partial charge >= 0.3 is 0 Å². The lowest BCUT2D eigenvalue weighted by Gasteiger charge is -2.24. The number of aryl methyl sites for hydroxylation is 1. The summed E-state index contributed by atoms with van der Waals surface area (Å²) in [5, 5.41) is 4.14. The lowest BCUT2D eigenvalue weighted by atomic mass is 10.1. The molecule has 1 aliphatic heterocycles. The highest BCUT2D eigenvalue weighted by molar-refractivity contribution is 6.30. The quantitative estimate of drug-likeness (QED) is 0.462. The fourth-order valence-electron chi connectivity index (χ4n) is 2.79. The average molecular weight is 357 g/mol. The number of nitrogens with one attached hydrogen (secondary N) is 1. The van der Waals surface area contributed by atoms with Crippen molar-refractivity contribution in [2.45, 2.75) is 31.9 Å². The third kappa shape index (κ3) is 6.00. The van der Waals surface area contributed by atoms with Crippen LogP contribution in [0.4, 0.5) is 0 Å². The van der Waals surface area contributed by atoms with Crippen molar-refractivity contribution in [3.8, 4) is 0 Å². The summed E-state index contributed by atoms with van der Waals surface area (Å²) in [5.74, 6) is 0.874. The molecule has 0 saturated carbocycles. The second kappa shape index (κ2) is 9.91. The van der Waals surface area contributed by atoms with E-state index in [0.717, 1.165) is 68.8 Å². The Bertz CT molecular complexity index is 527. The Labute approximate surface area is 149 Å². The summed E-state index contributed by atoms with van der Waals surface area (Å²) in [7, 11) is 5.82. The summed E-state index contributed by atoms with van der Waals surface area (Å²) >= 11 is 6.04. The van der Waals surface area contributed by atoms with Crippen LogP contribution in [0.2, 0.25) is 5.02 Å². The lowest BCUT2D eigenvalue weighted by Crippen LogP contribution is -2.39. The third-order valence-corrected chi connectivity index (χ3v) is 4.38. The molecule has 0 aliphatic carbocycles. The van der Waals surface area contributed by atoms with Gasteiger partial charge in [0.1, 0.15) is 0 Å². The monoisotopic (exact) mass is 356 g/mol. The molecule has 0 unspecified atom stereocenters. The molecular formula is C17H29ClN4O2. The van der Waals surface area contributed by atoms with E-state index in [2.05, 4.69) is 15.2 Å². The predicted octanol–water partition coefficient (Wildman–Crippen LogP) is 2.27. The van der Waals surface area contributed by atoms with Gasteiger partial charge in [0.2, 0.25) is 0 Å². The molecule has 24 heavy (non-hydrogen) atoms. The van der Waals surface area contributed by atoms with E-state index in [0.29, 0.717) is 6.10 Å². The third-order valence-electron chi connectivity index (χ3n) is 4.17. The molecule has 6 nitrogen and oxygen atoms in total. The normalized spacial score (nSPS) is 16.4. The Morgan fingerprint density at radius 2 is 2.25 bits per heavy atom. The van der Waals surface area contributed by atoms with Crippen molar-refractivity contribution in [2.24, 2.45) is 12.0 Å². The van der Waals surface area contributed by atoms with Gasteiger partial charge in [-0.3, -0.25) is 4.99 Å². The largest absolute Gasteiger partial charge is 0.381 e. The highest BCUT2D eigenvalue weighted by atomic mass is 35.5. The van der Waals surface area contributed by atoms with E-state index in [9.17, 15) is 0 Å². The van der Waals surface area contributed by atoms with Gasteiger partial charge in [0.05, 0.1) is 17.7 Å². The molecule has 136 valence electrons. The van der Waals surface area contributed by atoms with E-state index in [4.69, 9.17) is 21.1 Å². The van der Waals surface area contributed by atoms with Crippen molar-refractivity contribution in [2.75, 3.05) is 40.5 Å². The molecule has 1 aromatic heterocycles. The number of hydrogen-bond acceptors (Lipinski definition) is 3. The van der Waals surface area contributed by atoms with E-state index < -0.39 is 0 Å². The van der Waals surface area contributed by atoms with Crippen LogP contribution >= 0.6 is 11.6 Å². The van der Waals surface area contributed by atoms with Crippen LogP contribution in [0, 0.1) is 0 Å². The molecule has 1 saturated heterocycles. The minimum Gasteiger partial charge on any atom is -0.381 e. The Balaban J connectivity index is 1.66. The average Bonchev–Trinajstić information content (AvgIpc) is 2.89. The first-order valence-corrected chi connectivity index (χ1v) is 8.90. The molecule has 0 aromatic carbocycles. The van der Waals surface area contributed by atoms with Crippen molar-refractivity contribution in [1.29, 1.82) is 0 Å². The van der Waals surface area contributed by atoms with Crippen LogP contribution in [0.5, 0.6) is 0 Å². The number of halogens is 1. The van der Waals surface area contributed by atoms with Gasteiger partial charge in [-0.1, -0.05) is 11.6 Å². The van der Waals surface area contributed by atoms with Crippen molar-refractivity contribution in [3.63, 3.8) is 0 Å². The van der Waals surface area contributed by atoms with Gasteiger partial charge in [-0.2, -0.15) is 0 Å². The minimum atomic E-state index is 0.364. The molecule has 7 heteroatoms. The van der Waals surface area contributed by atoms with Gasteiger partial charge in [0.15, 0.2) is 5.96 Å². The number of aromatic nitrogens is 1. The second-order valence-electron chi connectivity index (χ2n) is 6.13. The zero-order valence-corrected chi connectivity index (χ0v) is 15.7. The van der Waals surface area contributed by atoms with E-state index >= 15 is 0 Å². The van der Waals surface area contributed by atoms with E-state index in [1.807, 2.05) is 30.9 Å². The fourth-order valence-corrected chi connectivity index (χ4v) is 3.06. The summed E-state index contributed by atoms with van der Waals surface area (Å²) in [6, 6.07) is 1.98. The van der Waals surface area contributed by atoms with Crippen LogP contribution in [-0.2, 0) is 23.1 Å². The van der Waals surface area contributed by atoms with Gasteiger partial charge < -0.3 is 24.3 Å². The van der Waals surface area contributed by atoms with Crippen LogP contribution in [-0.4, -0.2) is 62.0 Å². The summed E-state index contributed by atoms with van der Waals surface area (Å²) in [4.78, 5) is 6.43. The Morgan fingerprint density at radius 1 is 1.50 bits per heavy atom. The SMILES string of the molecule is CN=C(NCCCOC1CCOCC1)N(C)Cc1cc(Cl)cn1C. The fraction of sp³-hybridized carbons (Fsp3) is 0.706. The molecule has 1 aromatic rings. The molecule has 1 fully saturated rings. The number of rotatable bonds is 7. The van der Waals surface area contributed by atoms with Crippen molar-refractivity contribution in [1.82, 2.24) is 14.8 Å². The molecule has 1 N–H and O–H groups in total. The van der Waals surface area contributed by atoms with E-state index in [-0.39, 0.29) is 0 Å². The Morgan fingerprint density at radius 3 is 2.88 bits per heavy atom. The van der Waals surface area contributed by atoms with Crippen LogP contribution in [0.3, 0.4) is 0 Å². The number of nitrogens with zero attached hydrogens (tertiary/aromatic N) is 3. The standard InChI is InChI=1S/C17H29ClN4O2/c1-19-17(22(3)13-15-11-14(18)12-21(15)2)20-7-4-8-24-16-5-9-23-10-6-16/h11-12,16H,4-10,13H2,1-3H3,(H,19,20). The Kier molecular flexibility index (Phi) is 7.88. The van der Waals surface area contributed by atoms with Gasteiger partial charge in [0, 0.05) is 59.4 Å². The molecule has 2 rings (SSSR count). The molecule has 0 radical (unpaired) electrons. The van der Waals surface area contributed by atoms with Crippen LogP contribution in [0.1, 0.15) is 25.0 Å². The maximum absolute atomic E-state index is 6.04. The summed E-state index contributed by atoms with van der Waals surface area (Å²) in [6.07, 6.45) is 5.26. The van der Waals surface area contributed by atoms with Gasteiger partial charge in [0.25, 0.3) is 0 Å². The van der Waals surface area contributed by atoms with Gasteiger partial charge in [-0.15, -0.1) is 0 Å². The maximum atomic E-state index is 6.04. The molecule has 2 heterocycles. The topological polar surface area (TPSA) is 51.0 Å². The molecule has 0 atom stereocenters. The lowest BCUT2D eigenvalue weighted by molar-refractivity contribution is -0.0320. The van der Waals surface area contributed by atoms with Gasteiger partial charge in [-0.05, 0) is 25.3 Å². The summed E-state index contributed by atoms with van der Waals surface area (Å²) in [6.45, 7) is 4.01.